The summed E-state index contributed by atoms with van der Waals surface area (Å²) in [5, 5.41) is 7.98. The highest BCUT2D eigenvalue weighted by Crippen LogP contribution is 2.31. The molecule has 2 nitrogen and oxygen atoms in total. The monoisotopic (exact) mass is 304 g/mol. The predicted octanol–water partition coefficient (Wildman–Crippen LogP) is 6.35. The summed E-state index contributed by atoms with van der Waals surface area (Å²) >= 11 is 0. The minimum absolute atomic E-state index is 0.354. The van der Waals surface area contributed by atoms with Crippen LogP contribution in [0.25, 0.3) is 0 Å². The maximum atomic E-state index is 7.98. The van der Waals surface area contributed by atoms with Gasteiger partial charge in [-0.05, 0) is 76.8 Å². The van der Waals surface area contributed by atoms with Crippen LogP contribution < -0.4 is 0 Å². The normalized spacial score (nSPS) is 20.3. The summed E-state index contributed by atoms with van der Waals surface area (Å²) < 4.78 is 0. The van der Waals surface area contributed by atoms with Gasteiger partial charge in [-0.1, -0.05) is 31.9 Å². The molecule has 0 aliphatic heterocycles. The van der Waals surface area contributed by atoms with E-state index in [0.717, 1.165) is 30.9 Å². The van der Waals surface area contributed by atoms with Crippen LogP contribution in [0.3, 0.4) is 0 Å². The number of nitrogens with zero attached hydrogens (tertiary/aromatic N) is 1. The van der Waals surface area contributed by atoms with Gasteiger partial charge in [-0.25, -0.2) is 0 Å². The van der Waals surface area contributed by atoms with Gasteiger partial charge in [0.1, 0.15) is 0 Å². The minimum Gasteiger partial charge on any atom is -0.310 e. The summed E-state index contributed by atoms with van der Waals surface area (Å²) in [5.41, 5.74) is 2.51. The fourth-order valence-corrected chi connectivity index (χ4v) is 3.23. The van der Waals surface area contributed by atoms with Gasteiger partial charge in [0, 0.05) is 12.1 Å². The van der Waals surface area contributed by atoms with Gasteiger partial charge >= 0.3 is 0 Å². The Morgan fingerprint density at radius 3 is 2.64 bits per heavy atom. The van der Waals surface area contributed by atoms with Crippen molar-refractivity contribution in [3.8, 4) is 0 Å². The van der Waals surface area contributed by atoms with Crippen LogP contribution in [0, 0.1) is 11.3 Å². The van der Waals surface area contributed by atoms with Crippen LogP contribution in [-0.4, -0.2) is 18.0 Å². The first-order valence-corrected chi connectivity index (χ1v) is 9.41. The lowest BCUT2D eigenvalue weighted by molar-refractivity contribution is 0.362. The Morgan fingerprint density at radius 2 is 2.05 bits per heavy atom. The fourth-order valence-electron chi connectivity index (χ4n) is 3.23. The molecule has 0 radical (unpaired) electrons. The van der Waals surface area contributed by atoms with Gasteiger partial charge in [-0.3, -0.25) is 4.99 Å². The Balaban J connectivity index is 2.39. The summed E-state index contributed by atoms with van der Waals surface area (Å²) in [6.45, 7) is 6.48. The Labute approximate surface area is 138 Å². The third-order valence-corrected chi connectivity index (χ3v) is 4.98. The largest absolute Gasteiger partial charge is 0.310 e. The van der Waals surface area contributed by atoms with Gasteiger partial charge < -0.3 is 5.41 Å². The van der Waals surface area contributed by atoms with E-state index in [1.54, 1.807) is 5.57 Å². The van der Waals surface area contributed by atoms with E-state index in [9.17, 15) is 0 Å². The lowest BCUT2D eigenvalue weighted by Gasteiger charge is -2.25. The number of unbranched alkanes of at least 4 members (excludes halogenated alkanes) is 2. The molecule has 1 aliphatic carbocycles. The highest BCUT2D eigenvalue weighted by molar-refractivity contribution is 5.81. The topological polar surface area (TPSA) is 36.2 Å². The third kappa shape index (κ3) is 7.91. The number of nitrogens with one attached hydrogen (secondary N) is 1. The molecule has 1 rings (SSSR count). The molecule has 0 saturated heterocycles. The van der Waals surface area contributed by atoms with Crippen LogP contribution in [0.1, 0.15) is 91.4 Å². The van der Waals surface area contributed by atoms with Crippen molar-refractivity contribution in [3.05, 3.63) is 11.6 Å². The molecule has 2 heteroatoms. The molecular weight excluding hydrogens is 268 g/mol. The van der Waals surface area contributed by atoms with Gasteiger partial charge in [-0.15, -0.1) is 0 Å². The van der Waals surface area contributed by atoms with Crippen LogP contribution in [0.2, 0.25) is 0 Å². The van der Waals surface area contributed by atoms with Crippen molar-refractivity contribution in [1.29, 1.82) is 5.41 Å². The maximum absolute atomic E-state index is 7.98. The Bertz CT molecular complexity index is 358. The molecule has 0 spiro atoms. The zero-order chi connectivity index (χ0) is 16.2. The first-order chi connectivity index (χ1) is 10.7. The SMILES string of the molecule is CC=C1CCC(CCC(CC(=N)CC)N=CCCCC)CC1. The van der Waals surface area contributed by atoms with E-state index in [1.165, 1.54) is 51.4 Å². The molecule has 1 aliphatic rings. The zero-order valence-electron chi connectivity index (χ0n) is 15.0. The van der Waals surface area contributed by atoms with E-state index in [-0.39, 0.29) is 0 Å². The molecule has 1 atom stereocenters. The summed E-state index contributed by atoms with van der Waals surface area (Å²) in [7, 11) is 0. The molecule has 0 heterocycles. The molecule has 1 fully saturated rings. The minimum atomic E-state index is 0.354. The molecule has 0 aromatic carbocycles. The molecule has 1 unspecified atom stereocenters. The van der Waals surface area contributed by atoms with Crippen molar-refractivity contribution in [2.45, 2.75) is 97.4 Å². The molecule has 1 N–H and O–H groups in total. The van der Waals surface area contributed by atoms with Crippen molar-refractivity contribution < 1.29 is 0 Å². The van der Waals surface area contributed by atoms with Gasteiger partial charge in [0.15, 0.2) is 0 Å². The Morgan fingerprint density at radius 1 is 1.32 bits per heavy atom. The predicted molar refractivity (Wildman–Crippen MR) is 99.4 cm³/mol. The first kappa shape index (κ1) is 19.1. The third-order valence-electron chi connectivity index (χ3n) is 4.98. The van der Waals surface area contributed by atoms with Crippen molar-refractivity contribution in [2.75, 3.05) is 0 Å². The highest BCUT2D eigenvalue weighted by atomic mass is 14.8. The van der Waals surface area contributed by atoms with E-state index < -0.39 is 0 Å². The smallest absolute Gasteiger partial charge is 0.0547 e. The number of rotatable bonds is 10. The van der Waals surface area contributed by atoms with E-state index >= 15 is 0 Å². The standard InChI is InChI=1S/C20H36N2/c1-4-7-8-15-22-20(16-19(21)6-3)14-13-18-11-9-17(5-2)10-12-18/h5,15,18,20-21H,4,6-14,16H2,1-3H3. The maximum Gasteiger partial charge on any atom is 0.0547 e. The van der Waals surface area contributed by atoms with Crippen molar-refractivity contribution in [2.24, 2.45) is 10.9 Å². The molecule has 1 saturated carbocycles. The van der Waals surface area contributed by atoms with Gasteiger partial charge in [0.2, 0.25) is 0 Å². The average molecular weight is 305 g/mol. The van der Waals surface area contributed by atoms with Crippen LogP contribution in [-0.2, 0) is 0 Å². The average Bonchev–Trinajstić information content (AvgIpc) is 2.56. The van der Waals surface area contributed by atoms with Gasteiger partial charge in [-0.2, -0.15) is 0 Å². The quantitative estimate of drug-likeness (QED) is 0.277. The molecule has 22 heavy (non-hydrogen) atoms. The van der Waals surface area contributed by atoms with Crippen molar-refractivity contribution in [3.63, 3.8) is 0 Å². The highest BCUT2D eigenvalue weighted by Gasteiger charge is 2.18. The molecule has 126 valence electrons. The number of aliphatic imine (C=N–C) groups is 1. The second kappa shape index (κ2) is 11.6. The number of hydrogen-bond acceptors (Lipinski definition) is 2. The Hall–Kier alpha value is -0.920. The van der Waals surface area contributed by atoms with Crippen LogP contribution in [0.15, 0.2) is 16.6 Å². The fraction of sp³-hybridized carbons (Fsp3) is 0.800. The van der Waals surface area contributed by atoms with E-state index in [1.807, 2.05) is 0 Å². The summed E-state index contributed by atoms with van der Waals surface area (Å²) in [6.07, 6.45) is 17.5. The summed E-state index contributed by atoms with van der Waals surface area (Å²) in [4.78, 5) is 4.79. The Kier molecular flexibility index (Phi) is 10.1. The molecular formula is C20H36N2. The second-order valence-corrected chi connectivity index (χ2v) is 6.76. The summed E-state index contributed by atoms with van der Waals surface area (Å²) in [6, 6.07) is 0.354. The van der Waals surface area contributed by atoms with Crippen LogP contribution in [0.5, 0.6) is 0 Å². The van der Waals surface area contributed by atoms with Crippen LogP contribution >= 0.6 is 0 Å². The van der Waals surface area contributed by atoms with Crippen molar-refractivity contribution >= 4 is 11.9 Å². The lowest BCUT2D eigenvalue weighted by Crippen LogP contribution is -2.15. The van der Waals surface area contributed by atoms with E-state index in [0.29, 0.717) is 6.04 Å². The lowest BCUT2D eigenvalue weighted by atomic mass is 9.82. The van der Waals surface area contributed by atoms with Crippen LogP contribution in [0.4, 0.5) is 0 Å². The second-order valence-electron chi connectivity index (χ2n) is 6.76. The number of allylic oxidation sites excluding steroid dienone is 2. The van der Waals surface area contributed by atoms with Crippen molar-refractivity contribution in [1.82, 2.24) is 0 Å². The number of hydrogen-bond donors (Lipinski definition) is 1. The first-order valence-electron chi connectivity index (χ1n) is 9.41. The van der Waals surface area contributed by atoms with Gasteiger partial charge in [0.25, 0.3) is 0 Å². The molecule has 0 aromatic rings. The molecule has 0 amide bonds. The summed E-state index contributed by atoms with van der Waals surface area (Å²) in [5.74, 6) is 0.882. The molecule has 0 aromatic heterocycles. The van der Waals surface area contributed by atoms with E-state index in [2.05, 4.69) is 33.1 Å². The zero-order valence-corrected chi connectivity index (χ0v) is 15.0. The van der Waals surface area contributed by atoms with Gasteiger partial charge in [0.05, 0.1) is 6.04 Å². The molecule has 0 bridgehead atoms. The van der Waals surface area contributed by atoms with E-state index in [4.69, 9.17) is 10.4 Å².